The SMILES string of the molecule is [2H]C([2H])([2H])n1cc(-c2nc(Nc3cc(NC(=O)C=C)c(N(C)C4C[C@@H]5CN(C)C[C@@H]5C4)cc3OC)ncc2C(=O)OC(C)C)c2ccccc21. The number of ether oxygens (including phenoxy) is 2. The number of carbonyl (C=O) groups is 2. The van der Waals surface area contributed by atoms with Gasteiger partial charge in [-0.25, -0.2) is 14.8 Å². The Morgan fingerprint density at radius 2 is 1.91 bits per heavy atom. The third-order valence-corrected chi connectivity index (χ3v) is 9.16. The first-order valence-corrected chi connectivity index (χ1v) is 15.8. The van der Waals surface area contributed by atoms with Crippen molar-refractivity contribution in [3.05, 3.63) is 67.0 Å². The predicted molar refractivity (Wildman–Crippen MR) is 186 cm³/mol. The number of benzene rings is 2. The summed E-state index contributed by atoms with van der Waals surface area (Å²) < 4.78 is 36.9. The van der Waals surface area contributed by atoms with E-state index >= 15 is 0 Å². The van der Waals surface area contributed by atoms with Gasteiger partial charge in [0.15, 0.2) is 0 Å². The second kappa shape index (κ2) is 13.1. The maximum atomic E-state index is 13.3. The van der Waals surface area contributed by atoms with E-state index in [4.69, 9.17) is 18.6 Å². The van der Waals surface area contributed by atoms with Gasteiger partial charge in [0.2, 0.25) is 11.9 Å². The van der Waals surface area contributed by atoms with E-state index in [0.717, 1.165) is 31.6 Å². The molecule has 3 heterocycles. The number of likely N-dealkylation sites (tertiary alicyclic amines) is 1. The molecule has 4 aromatic rings. The summed E-state index contributed by atoms with van der Waals surface area (Å²) in [5.41, 5.74) is 2.96. The van der Waals surface area contributed by atoms with Crippen LogP contribution in [-0.2, 0) is 16.5 Å². The van der Waals surface area contributed by atoms with Gasteiger partial charge in [0, 0.05) is 72.2 Å². The van der Waals surface area contributed by atoms with Crippen LogP contribution < -0.4 is 20.3 Å². The molecule has 2 aliphatic rings. The van der Waals surface area contributed by atoms with Crippen LogP contribution in [-0.4, -0.2) is 77.8 Å². The molecular weight excluding hydrogens is 594 g/mol. The first kappa shape index (κ1) is 28.3. The quantitative estimate of drug-likeness (QED) is 0.163. The van der Waals surface area contributed by atoms with Crippen molar-refractivity contribution in [2.45, 2.75) is 38.8 Å². The van der Waals surface area contributed by atoms with Crippen molar-refractivity contribution in [2.24, 2.45) is 18.8 Å². The van der Waals surface area contributed by atoms with Crippen molar-refractivity contribution in [1.29, 1.82) is 0 Å². The third kappa shape index (κ3) is 6.40. The number of hydrogen-bond donors (Lipinski definition) is 2. The van der Waals surface area contributed by atoms with Crippen molar-refractivity contribution in [3.63, 3.8) is 0 Å². The molecular formula is C36H43N7O4. The van der Waals surface area contributed by atoms with Gasteiger partial charge >= 0.3 is 5.97 Å². The van der Waals surface area contributed by atoms with Gasteiger partial charge in [0.1, 0.15) is 11.3 Å². The van der Waals surface area contributed by atoms with Crippen LogP contribution in [0.15, 0.2) is 61.4 Å². The standard InChI is InChI=1S/C36H43N7O4/c1-8-33(44)38-28-15-29(32(46-7)16-31(28)43(6)24-13-22-18-41(4)19-23(22)14-24)39-36-37-17-26(35(45)47-21(2)3)34(40-36)27-20-42(5)30-12-10-9-11-25(27)30/h8-12,15-17,20-24H,1,13-14,18-19H2,2-7H3,(H,38,44)(H,37,39,40)/t22-,23+,24?/i5D3. The van der Waals surface area contributed by atoms with Crippen LogP contribution in [0.4, 0.5) is 23.0 Å². The van der Waals surface area contributed by atoms with E-state index < -0.39 is 19.0 Å². The Labute approximate surface area is 279 Å². The van der Waals surface area contributed by atoms with Crippen LogP contribution in [0.5, 0.6) is 5.75 Å². The predicted octanol–water partition coefficient (Wildman–Crippen LogP) is 5.85. The Morgan fingerprint density at radius 3 is 2.60 bits per heavy atom. The lowest BCUT2D eigenvalue weighted by Crippen LogP contribution is -2.32. The Balaban J connectivity index is 1.42. The van der Waals surface area contributed by atoms with Crippen LogP contribution in [0.1, 0.15) is 41.2 Å². The third-order valence-electron chi connectivity index (χ3n) is 9.16. The molecule has 6 rings (SSSR count). The summed E-state index contributed by atoms with van der Waals surface area (Å²) in [4.78, 5) is 39.8. The molecule has 1 saturated heterocycles. The monoisotopic (exact) mass is 640 g/mol. The maximum absolute atomic E-state index is 13.3. The summed E-state index contributed by atoms with van der Waals surface area (Å²) in [6, 6.07) is 11.0. The zero-order chi connectivity index (χ0) is 35.9. The molecule has 0 spiro atoms. The van der Waals surface area contributed by atoms with Crippen molar-refractivity contribution >= 4 is 45.8 Å². The number of fused-ring (bicyclic) bond motifs is 2. The normalized spacial score (nSPS) is 20.3. The highest BCUT2D eigenvalue weighted by Gasteiger charge is 2.41. The van der Waals surface area contributed by atoms with E-state index in [0.29, 0.717) is 51.5 Å². The molecule has 1 aliphatic carbocycles. The number of carbonyl (C=O) groups excluding carboxylic acids is 2. The molecule has 3 atom stereocenters. The Morgan fingerprint density at radius 1 is 1.17 bits per heavy atom. The van der Waals surface area contributed by atoms with Crippen molar-refractivity contribution in [3.8, 4) is 17.0 Å². The van der Waals surface area contributed by atoms with E-state index in [2.05, 4.69) is 39.0 Å². The summed E-state index contributed by atoms with van der Waals surface area (Å²) in [5, 5.41) is 6.76. The number of aryl methyl sites for hydroxylation is 1. The minimum absolute atomic E-state index is 0.0769. The molecule has 0 radical (unpaired) electrons. The van der Waals surface area contributed by atoms with Crippen molar-refractivity contribution in [1.82, 2.24) is 19.4 Å². The zero-order valence-corrected chi connectivity index (χ0v) is 27.4. The Kier molecular flexibility index (Phi) is 7.88. The number of amides is 1. The lowest BCUT2D eigenvalue weighted by atomic mass is 10.0. The first-order valence-electron chi connectivity index (χ1n) is 17.3. The second-order valence-electron chi connectivity index (χ2n) is 12.7. The minimum Gasteiger partial charge on any atom is -0.494 e. The van der Waals surface area contributed by atoms with Gasteiger partial charge in [-0.15, -0.1) is 0 Å². The summed E-state index contributed by atoms with van der Waals surface area (Å²) in [6.45, 7) is 6.81. The van der Waals surface area contributed by atoms with Crippen LogP contribution in [0, 0.1) is 11.8 Å². The van der Waals surface area contributed by atoms with Gasteiger partial charge in [0.25, 0.3) is 0 Å². The molecule has 11 nitrogen and oxygen atoms in total. The molecule has 2 N–H and O–H groups in total. The molecule has 11 heteroatoms. The van der Waals surface area contributed by atoms with Gasteiger partial charge in [-0.05, 0) is 63.8 Å². The lowest BCUT2D eigenvalue weighted by Gasteiger charge is -2.31. The zero-order valence-electron chi connectivity index (χ0n) is 30.4. The van der Waals surface area contributed by atoms with Crippen LogP contribution >= 0.6 is 0 Å². The van der Waals surface area contributed by atoms with Crippen LogP contribution in [0.25, 0.3) is 22.2 Å². The topological polar surface area (TPSA) is 114 Å². The molecule has 246 valence electrons. The summed E-state index contributed by atoms with van der Waals surface area (Å²) >= 11 is 0. The number of methoxy groups -OCH3 is 1. The highest BCUT2D eigenvalue weighted by molar-refractivity contribution is 6.04. The Hall–Kier alpha value is -4.90. The fraction of sp³-hybridized carbons (Fsp3) is 0.389. The highest BCUT2D eigenvalue weighted by atomic mass is 16.5. The van der Waals surface area contributed by atoms with Crippen LogP contribution in [0.3, 0.4) is 0 Å². The van der Waals surface area contributed by atoms with Gasteiger partial charge in [-0.1, -0.05) is 24.8 Å². The molecule has 1 aliphatic heterocycles. The smallest absolute Gasteiger partial charge is 0.342 e. The fourth-order valence-electron chi connectivity index (χ4n) is 6.99. The summed E-state index contributed by atoms with van der Waals surface area (Å²) in [5.74, 6) is 0.867. The summed E-state index contributed by atoms with van der Waals surface area (Å²) in [7, 11) is 5.77. The van der Waals surface area contributed by atoms with Crippen molar-refractivity contribution < 1.29 is 23.2 Å². The molecule has 2 fully saturated rings. The second-order valence-corrected chi connectivity index (χ2v) is 12.7. The number of para-hydroxylation sites is 1. The van der Waals surface area contributed by atoms with Crippen LogP contribution in [0.2, 0.25) is 0 Å². The Bertz CT molecular complexity index is 1930. The first-order chi connectivity index (χ1) is 23.8. The molecule has 0 bridgehead atoms. The van der Waals surface area contributed by atoms with Gasteiger partial charge in [-0.3, -0.25) is 4.79 Å². The summed E-state index contributed by atoms with van der Waals surface area (Å²) in [6.07, 6.45) is 5.76. The van der Waals surface area contributed by atoms with E-state index in [1.54, 1.807) is 51.3 Å². The number of nitrogens with zero attached hydrogens (tertiary/aromatic N) is 5. The average molecular weight is 641 g/mol. The minimum atomic E-state index is -2.48. The number of rotatable bonds is 10. The highest BCUT2D eigenvalue weighted by Crippen LogP contribution is 2.44. The molecule has 1 unspecified atom stereocenters. The van der Waals surface area contributed by atoms with E-state index in [-0.39, 0.29) is 23.1 Å². The number of esters is 1. The maximum Gasteiger partial charge on any atom is 0.342 e. The lowest BCUT2D eigenvalue weighted by molar-refractivity contribution is -0.111. The fourth-order valence-corrected chi connectivity index (χ4v) is 6.99. The molecule has 47 heavy (non-hydrogen) atoms. The van der Waals surface area contributed by atoms with E-state index in [9.17, 15) is 9.59 Å². The van der Waals surface area contributed by atoms with Gasteiger partial charge in [0.05, 0.1) is 36.0 Å². The molecule has 2 aromatic heterocycles. The number of hydrogen-bond acceptors (Lipinski definition) is 9. The van der Waals surface area contributed by atoms with E-state index in [1.807, 2.05) is 13.1 Å². The molecule has 1 amide bonds. The molecule has 1 saturated carbocycles. The van der Waals surface area contributed by atoms with E-state index in [1.165, 1.54) is 23.0 Å². The number of anilines is 4. The molecule has 2 aromatic carbocycles. The largest absolute Gasteiger partial charge is 0.494 e. The van der Waals surface area contributed by atoms with Gasteiger partial charge in [-0.2, -0.15) is 0 Å². The van der Waals surface area contributed by atoms with Gasteiger partial charge < -0.3 is 34.5 Å². The number of nitrogens with one attached hydrogen (secondary N) is 2. The number of aromatic nitrogens is 3. The van der Waals surface area contributed by atoms with Crippen molar-refractivity contribution in [2.75, 3.05) is 49.8 Å². The average Bonchev–Trinajstić information content (AvgIpc) is 3.75.